The van der Waals surface area contributed by atoms with Gasteiger partial charge in [0.15, 0.2) is 0 Å². The maximum Gasteiger partial charge on any atom is 0.118 e. The van der Waals surface area contributed by atoms with Crippen LogP contribution in [0.3, 0.4) is 0 Å². The highest BCUT2D eigenvalue weighted by atomic mass is 32.2. The predicted molar refractivity (Wildman–Crippen MR) is 58.8 cm³/mol. The molecule has 1 aliphatic heterocycles. The third-order valence-electron chi connectivity index (χ3n) is 1.89. The Balaban J connectivity index is 2.24. The first-order valence-electron chi connectivity index (χ1n) is 4.25. The van der Waals surface area contributed by atoms with Crippen LogP contribution in [0.4, 0.5) is 0 Å². The van der Waals surface area contributed by atoms with Crippen LogP contribution in [0, 0.1) is 0 Å². The van der Waals surface area contributed by atoms with Gasteiger partial charge in [0, 0.05) is 0 Å². The van der Waals surface area contributed by atoms with Crippen LogP contribution >= 0.6 is 12.0 Å². The van der Waals surface area contributed by atoms with Crippen LogP contribution in [0.15, 0.2) is 42.7 Å². The number of rotatable bonds is 2. The van der Waals surface area contributed by atoms with Crippen molar-refractivity contribution in [2.24, 2.45) is 0 Å². The quantitative estimate of drug-likeness (QED) is 0.692. The second kappa shape index (κ2) is 4.24. The standard InChI is InChI=1S/C11H10O2S/c1-12-10-6-4-9(5-7-10)11-3-2-8-13-14-11/h2-8H,1H3. The molecule has 0 aliphatic carbocycles. The molecule has 0 saturated heterocycles. The largest absolute Gasteiger partial charge is 0.497 e. The summed E-state index contributed by atoms with van der Waals surface area (Å²) < 4.78 is 10.2. The minimum atomic E-state index is 0.867. The molecular weight excluding hydrogens is 196 g/mol. The summed E-state index contributed by atoms with van der Waals surface area (Å²) in [5.41, 5.74) is 1.14. The Labute approximate surface area is 87.4 Å². The van der Waals surface area contributed by atoms with E-state index in [2.05, 4.69) is 0 Å². The molecule has 1 aliphatic rings. The van der Waals surface area contributed by atoms with Gasteiger partial charge in [0.2, 0.25) is 0 Å². The smallest absolute Gasteiger partial charge is 0.118 e. The first-order valence-corrected chi connectivity index (χ1v) is 4.99. The van der Waals surface area contributed by atoms with Crippen molar-refractivity contribution in [3.63, 3.8) is 0 Å². The number of methoxy groups -OCH3 is 1. The molecule has 1 aromatic rings. The van der Waals surface area contributed by atoms with E-state index >= 15 is 0 Å². The highest BCUT2D eigenvalue weighted by molar-refractivity contribution is 8.04. The van der Waals surface area contributed by atoms with E-state index in [1.807, 2.05) is 36.4 Å². The van der Waals surface area contributed by atoms with Crippen molar-refractivity contribution in [1.29, 1.82) is 0 Å². The molecule has 0 unspecified atom stereocenters. The Morgan fingerprint density at radius 1 is 1.21 bits per heavy atom. The van der Waals surface area contributed by atoms with Gasteiger partial charge in [-0.1, -0.05) is 12.1 Å². The third kappa shape index (κ3) is 1.93. The molecule has 0 N–H and O–H groups in total. The van der Waals surface area contributed by atoms with E-state index in [1.54, 1.807) is 13.4 Å². The number of hydrogen-bond acceptors (Lipinski definition) is 3. The Morgan fingerprint density at radius 3 is 2.57 bits per heavy atom. The van der Waals surface area contributed by atoms with Gasteiger partial charge in [0.1, 0.15) is 12.0 Å². The lowest BCUT2D eigenvalue weighted by Crippen LogP contribution is -1.85. The van der Waals surface area contributed by atoms with Crippen molar-refractivity contribution in [3.05, 3.63) is 48.2 Å². The van der Waals surface area contributed by atoms with E-state index in [9.17, 15) is 0 Å². The van der Waals surface area contributed by atoms with Gasteiger partial charge in [-0.05, 0) is 29.8 Å². The molecule has 0 bridgehead atoms. The summed E-state index contributed by atoms with van der Waals surface area (Å²) in [7, 11) is 1.66. The van der Waals surface area contributed by atoms with E-state index in [-0.39, 0.29) is 0 Å². The third-order valence-corrected chi connectivity index (χ3v) is 2.65. The van der Waals surface area contributed by atoms with Gasteiger partial charge in [-0.2, -0.15) is 0 Å². The van der Waals surface area contributed by atoms with Crippen LogP contribution < -0.4 is 4.74 Å². The van der Waals surface area contributed by atoms with E-state index in [1.165, 1.54) is 12.0 Å². The van der Waals surface area contributed by atoms with Gasteiger partial charge >= 0.3 is 0 Å². The molecule has 0 atom stereocenters. The summed E-state index contributed by atoms with van der Waals surface area (Å²) in [5, 5.41) is 0. The van der Waals surface area contributed by atoms with Crippen LogP contribution in [-0.4, -0.2) is 7.11 Å². The normalized spacial score (nSPS) is 14.5. The topological polar surface area (TPSA) is 18.5 Å². The van der Waals surface area contributed by atoms with Crippen LogP contribution in [0.5, 0.6) is 5.75 Å². The monoisotopic (exact) mass is 206 g/mol. The zero-order chi connectivity index (χ0) is 9.80. The molecule has 72 valence electrons. The molecule has 1 aromatic carbocycles. The average Bonchev–Trinajstić information content (AvgIpc) is 2.30. The fourth-order valence-electron chi connectivity index (χ4n) is 1.17. The number of hydrogen-bond donors (Lipinski definition) is 0. The lowest BCUT2D eigenvalue weighted by molar-refractivity contribution is 0.415. The van der Waals surface area contributed by atoms with Gasteiger partial charge in [0.25, 0.3) is 0 Å². The fraction of sp³-hybridized carbons (Fsp3) is 0.0909. The highest BCUT2D eigenvalue weighted by Gasteiger charge is 2.05. The Hall–Kier alpha value is -1.35. The van der Waals surface area contributed by atoms with Gasteiger partial charge in [0.05, 0.1) is 24.1 Å². The number of ether oxygens (including phenoxy) is 1. The van der Waals surface area contributed by atoms with Crippen molar-refractivity contribution in [1.82, 2.24) is 0 Å². The zero-order valence-electron chi connectivity index (χ0n) is 7.77. The van der Waals surface area contributed by atoms with Crippen molar-refractivity contribution >= 4 is 16.9 Å². The van der Waals surface area contributed by atoms with Crippen LogP contribution in [0.2, 0.25) is 0 Å². The molecule has 1 heterocycles. The molecule has 0 amide bonds. The molecule has 0 radical (unpaired) electrons. The van der Waals surface area contributed by atoms with Gasteiger partial charge in [-0.25, -0.2) is 0 Å². The average molecular weight is 206 g/mol. The molecule has 2 rings (SSSR count). The van der Waals surface area contributed by atoms with Crippen LogP contribution in [0.1, 0.15) is 5.56 Å². The summed E-state index contributed by atoms with van der Waals surface area (Å²) in [6.07, 6.45) is 5.57. The summed E-state index contributed by atoms with van der Waals surface area (Å²) in [6.45, 7) is 0. The van der Waals surface area contributed by atoms with Crippen molar-refractivity contribution < 1.29 is 8.92 Å². The lowest BCUT2D eigenvalue weighted by atomic mass is 10.2. The van der Waals surface area contributed by atoms with E-state index < -0.39 is 0 Å². The summed E-state index contributed by atoms with van der Waals surface area (Å²) in [5.74, 6) is 0.867. The summed E-state index contributed by atoms with van der Waals surface area (Å²) >= 11 is 1.36. The molecule has 0 saturated carbocycles. The van der Waals surface area contributed by atoms with Gasteiger partial charge < -0.3 is 8.92 Å². The number of benzene rings is 1. The van der Waals surface area contributed by atoms with Crippen molar-refractivity contribution in [2.45, 2.75) is 0 Å². The van der Waals surface area contributed by atoms with Gasteiger partial charge in [-0.3, -0.25) is 0 Å². The van der Waals surface area contributed by atoms with E-state index in [0.29, 0.717) is 0 Å². The van der Waals surface area contributed by atoms with E-state index in [0.717, 1.165) is 16.2 Å². The predicted octanol–water partition coefficient (Wildman–Crippen LogP) is 3.23. The van der Waals surface area contributed by atoms with E-state index in [4.69, 9.17) is 8.92 Å². The highest BCUT2D eigenvalue weighted by Crippen LogP contribution is 2.31. The molecule has 14 heavy (non-hydrogen) atoms. The summed E-state index contributed by atoms with van der Waals surface area (Å²) in [4.78, 5) is 1.11. The van der Waals surface area contributed by atoms with Crippen LogP contribution in [-0.2, 0) is 4.18 Å². The Bertz CT molecular complexity index is 365. The first kappa shape index (κ1) is 9.21. The zero-order valence-corrected chi connectivity index (χ0v) is 8.58. The maximum atomic E-state index is 5.13. The Morgan fingerprint density at radius 2 is 2.00 bits per heavy atom. The Kier molecular flexibility index (Phi) is 2.79. The number of allylic oxidation sites excluding steroid dienone is 2. The minimum absolute atomic E-state index is 0.867. The van der Waals surface area contributed by atoms with Gasteiger partial charge in [-0.15, -0.1) is 0 Å². The summed E-state index contributed by atoms with van der Waals surface area (Å²) in [6, 6.07) is 7.91. The molecule has 3 heteroatoms. The first-order chi connectivity index (χ1) is 6.90. The molecular formula is C11H10O2S. The second-order valence-corrected chi connectivity index (χ2v) is 3.57. The maximum absolute atomic E-state index is 5.13. The van der Waals surface area contributed by atoms with Crippen molar-refractivity contribution in [2.75, 3.05) is 7.11 Å². The second-order valence-electron chi connectivity index (χ2n) is 2.77. The molecule has 0 aromatic heterocycles. The minimum Gasteiger partial charge on any atom is -0.497 e. The van der Waals surface area contributed by atoms with Crippen LogP contribution in [0.25, 0.3) is 4.91 Å². The van der Waals surface area contributed by atoms with Crippen molar-refractivity contribution in [3.8, 4) is 5.75 Å². The molecule has 0 fully saturated rings. The SMILES string of the molecule is COc1ccc(C2=CC=COS2)cc1. The molecule has 0 spiro atoms. The molecule has 2 nitrogen and oxygen atoms in total. The lowest BCUT2D eigenvalue weighted by Gasteiger charge is -2.08. The fourth-order valence-corrected chi connectivity index (χ4v) is 1.76.